The van der Waals surface area contributed by atoms with Gasteiger partial charge < -0.3 is 19.7 Å². The van der Waals surface area contributed by atoms with Crippen molar-refractivity contribution in [2.24, 2.45) is 0 Å². The highest BCUT2D eigenvalue weighted by atomic mass is 16.5. The minimum atomic E-state index is -0.240. The Morgan fingerprint density at radius 3 is 0.909 bits per heavy atom. The fourth-order valence-electron chi connectivity index (χ4n) is 8.79. The zero-order chi connectivity index (χ0) is 47.9. The molecule has 0 spiro atoms. The van der Waals surface area contributed by atoms with Crippen LogP contribution in [0.1, 0.15) is 172 Å². The van der Waals surface area contributed by atoms with Crippen molar-refractivity contribution in [3.05, 3.63) is 186 Å². The number of phenolic OH excluding ortho intramolecular Hbond substituents is 2. The van der Waals surface area contributed by atoms with Crippen LogP contribution in [-0.2, 0) is 60.6 Å². The van der Waals surface area contributed by atoms with E-state index in [2.05, 4.69) is 144 Å². The lowest BCUT2D eigenvalue weighted by atomic mass is 9.79. The van der Waals surface area contributed by atoms with Crippen molar-refractivity contribution in [3.63, 3.8) is 0 Å². The lowest BCUT2D eigenvalue weighted by Gasteiger charge is -2.28. The van der Waals surface area contributed by atoms with Crippen LogP contribution in [0.4, 0.5) is 0 Å². The van der Waals surface area contributed by atoms with Gasteiger partial charge in [0.1, 0.15) is 36.2 Å². The second-order valence-electron chi connectivity index (χ2n) is 22.4. The van der Waals surface area contributed by atoms with Crippen molar-refractivity contribution < 1.29 is 19.7 Å². The molecule has 8 bridgehead atoms. The molecular formula is C60H66N2O4. The fourth-order valence-corrected chi connectivity index (χ4v) is 8.79. The molecule has 0 atom stereocenters. The first-order valence-electron chi connectivity index (χ1n) is 23.2. The molecular weight excluding hydrogens is 813 g/mol. The molecule has 0 aliphatic heterocycles. The third-order valence-electron chi connectivity index (χ3n) is 12.9. The molecule has 0 saturated heterocycles. The molecule has 0 saturated carbocycles. The number of phenols is 2. The number of nitriles is 2. The largest absolute Gasteiger partial charge is 0.507 e. The van der Waals surface area contributed by atoms with Crippen molar-refractivity contribution in [1.29, 1.82) is 10.5 Å². The van der Waals surface area contributed by atoms with Crippen LogP contribution in [-0.4, -0.2) is 10.2 Å². The lowest BCUT2D eigenvalue weighted by Crippen LogP contribution is -2.16. The maximum atomic E-state index is 12.7. The number of fused-ring (bicyclic) bond motifs is 8. The minimum absolute atomic E-state index is 0.231. The van der Waals surface area contributed by atoms with E-state index in [1.165, 1.54) is 0 Å². The van der Waals surface area contributed by atoms with Gasteiger partial charge in [0.25, 0.3) is 0 Å². The number of hydrogen-bond acceptors (Lipinski definition) is 6. The Hall–Kier alpha value is -6.50. The zero-order valence-corrected chi connectivity index (χ0v) is 41.1. The molecule has 6 heteroatoms. The predicted molar refractivity (Wildman–Crippen MR) is 266 cm³/mol. The van der Waals surface area contributed by atoms with E-state index in [1.54, 1.807) is 12.1 Å². The monoisotopic (exact) mass is 879 g/mol. The van der Waals surface area contributed by atoms with Crippen LogP contribution in [0.2, 0.25) is 0 Å². The summed E-state index contributed by atoms with van der Waals surface area (Å²) in [5.74, 6) is 1.88. The van der Waals surface area contributed by atoms with Gasteiger partial charge in [-0.1, -0.05) is 156 Å². The molecule has 0 radical (unpaired) electrons. The van der Waals surface area contributed by atoms with E-state index in [-0.39, 0.29) is 46.4 Å². The summed E-state index contributed by atoms with van der Waals surface area (Å²) >= 11 is 0. The maximum Gasteiger partial charge on any atom is 0.126 e. The van der Waals surface area contributed by atoms with Crippen LogP contribution in [0.25, 0.3) is 0 Å². The van der Waals surface area contributed by atoms with Crippen molar-refractivity contribution in [1.82, 2.24) is 0 Å². The molecule has 0 heterocycles. The molecule has 0 amide bonds. The third kappa shape index (κ3) is 10.6. The smallest absolute Gasteiger partial charge is 0.126 e. The van der Waals surface area contributed by atoms with E-state index < -0.39 is 0 Å². The van der Waals surface area contributed by atoms with Crippen LogP contribution < -0.4 is 9.47 Å². The zero-order valence-electron chi connectivity index (χ0n) is 41.1. The normalized spacial score (nSPS) is 13.1. The predicted octanol–water partition coefficient (Wildman–Crippen LogP) is 13.9. The highest BCUT2D eigenvalue weighted by Gasteiger charge is 2.29. The van der Waals surface area contributed by atoms with Gasteiger partial charge in [0, 0.05) is 25.7 Å². The average Bonchev–Trinajstić information content (AvgIpc) is 3.23. The molecule has 7 rings (SSSR count). The molecule has 1 aliphatic rings. The second kappa shape index (κ2) is 18.1. The highest BCUT2D eigenvalue weighted by molar-refractivity contribution is 5.59. The summed E-state index contributed by atoms with van der Waals surface area (Å²) in [5, 5.41) is 44.8. The van der Waals surface area contributed by atoms with Gasteiger partial charge >= 0.3 is 0 Å². The topological polar surface area (TPSA) is 106 Å². The molecule has 2 N–H and O–H groups in total. The van der Waals surface area contributed by atoms with Crippen LogP contribution in [0.15, 0.2) is 97.1 Å². The number of nitrogens with zero attached hydrogens (tertiary/aromatic N) is 2. The first-order chi connectivity index (χ1) is 30.9. The van der Waals surface area contributed by atoms with Gasteiger partial charge in [0.15, 0.2) is 0 Å². The van der Waals surface area contributed by atoms with Gasteiger partial charge in [-0.15, -0.1) is 0 Å². The van der Waals surface area contributed by atoms with E-state index in [0.717, 1.165) is 77.9 Å². The fraction of sp³-hybridized carbons (Fsp3) is 0.367. The Balaban J connectivity index is 1.55. The molecule has 0 aromatic heterocycles. The summed E-state index contributed by atoms with van der Waals surface area (Å²) in [4.78, 5) is 0. The Morgan fingerprint density at radius 1 is 0.409 bits per heavy atom. The number of aromatic hydroxyl groups is 2. The summed E-state index contributed by atoms with van der Waals surface area (Å²) in [5.41, 5.74) is 13.3. The van der Waals surface area contributed by atoms with E-state index in [9.17, 15) is 20.7 Å². The molecule has 0 fully saturated rings. The second-order valence-corrected chi connectivity index (χ2v) is 22.4. The van der Waals surface area contributed by atoms with Gasteiger partial charge in [0.05, 0.1) is 23.3 Å². The quantitative estimate of drug-likeness (QED) is 0.172. The summed E-state index contributed by atoms with van der Waals surface area (Å²) in [7, 11) is 0. The highest BCUT2D eigenvalue weighted by Crippen LogP contribution is 2.44. The minimum Gasteiger partial charge on any atom is -0.507 e. The van der Waals surface area contributed by atoms with E-state index in [0.29, 0.717) is 48.3 Å². The summed E-state index contributed by atoms with van der Waals surface area (Å²) in [6.07, 6.45) is 1.55. The van der Waals surface area contributed by atoms with Crippen molar-refractivity contribution in [2.75, 3.05) is 0 Å². The molecule has 6 aromatic rings. The Morgan fingerprint density at radius 2 is 0.667 bits per heavy atom. The molecule has 1 aliphatic carbocycles. The standard InChI is InChI=1S/C60H66N2O4/c1-57(2,3)49-25-41-21-45-29-51(59(7,8)9)31-47(55(45)65-35-39-17-13-15-37(19-39)33-61)23-43-27-50(58(4,5)6)28-44(54(43)64)24-48-32-52(60(10,11)12)30-46(22-42(26-49)53(41)63)56(48)66-36-40-18-14-16-38(20-40)34-62/h13-20,25-32,63-64H,21-24,35-36H2,1-12H3. The van der Waals surface area contributed by atoms with Gasteiger partial charge in [-0.2, -0.15) is 10.5 Å². The van der Waals surface area contributed by atoms with Crippen LogP contribution in [0, 0.1) is 22.7 Å². The van der Waals surface area contributed by atoms with Gasteiger partial charge in [-0.25, -0.2) is 0 Å². The molecule has 6 aromatic carbocycles. The Labute approximate surface area is 393 Å². The Bertz CT molecular complexity index is 2600. The van der Waals surface area contributed by atoms with Gasteiger partial charge in [-0.05, 0) is 124 Å². The SMILES string of the molecule is CC(C)(C)c1cc2c(O)c(c1)Cc1cc(C(C)(C)C)cc(c1OCc1cccc(C#N)c1)Cc1cc(C(C)(C)C)cc(c1O)Cc1cc(C(C)(C)C)cc(c1OCc1cccc(C#N)c1)C2. The van der Waals surface area contributed by atoms with E-state index in [4.69, 9.17) is 9.47 Å². The molecule has 66 heavy (non-hydrogen) atoms. The summed E-state index contributed by atoms with van der Waals surface area (Å²) in [6, 6.07) is 37.0. The number of rotatable bonds is 6. The van der Waals surface area contributed by atoms with Crippen molar-refractivity contribution in [2.45, 2.75) is 144 Å². The molecule has 0 unspecified atom stereocenters. The Kier molecular flexibility index (Phi) is 13.0. The number of hydrogen-bond donors (Lipinski definition) is 2. The van der Waals surface area contributed by atoms with Gasteiger partial charge in [-0.3, -0.25) is 0 Å². The molecule has 340 valence electrons. The van der Waals surface area contributed by atoms with E-state index in [1.807, 2.05) is 36.4 Å². The molecule has 6 nitrogen and oxygen atoms in total. The van der Waals surface area contributed by atoms with Crippen LogP contribution in [0.5, 0.6) is 23.0 Å². The number of benzene rings is 6. The van der Waals surface area contributed by atoms with Crippen molar-refractivity contribution in [3.8, 4) is 35.1 Å². The van der Waals surface area contributed by atoms with Crippen LogP contribution >= 0.6 is 0 Å². The number of ether oxygens (including phenoxy) is 2. The third-order valence-corrected chi connectivity index (χ3v) is 12.9. The van der Waals surface area contributed by atoms with Crippen molar-refractivity contribution >= 4 is 0 Å². The summed E-state index contributed by atoms with van der Waals surface area (Å²) in [6.45, 7) is 26.9. The van der Waals surface area contributed by atoms with E-state index >= 15 is 0 Å². The van der Waals surface area contributed by atoms with Gasteiger partial charge in [0.2, 0.25) is 0 Å². The first-order valence-corrected chi connectivity index (χ1v) is 23.2. The lowest BCUT2D eigenvalue weighted by molar-refractivity contribution is 0.299. The first kappa shape index (κ1) is 47.5. The maximum absolute atomic E-state index is 12.7. The summed E-state index contributed by atoms with van der Waals surface area (Å²) < 4.78 is 13.9. The average molecular weight is 879 g/mol. The van der Waals surface area contributed by atoms with Crippen LogP contribution in [0.3, 0.4) is 0 Å².